The monoisotopic (exact) mass is 2100 g/mol. The van der Waals surface area contributed by atoms with E-state index < -0.39 is 282 Å². The average molecular weight is 2100 g/mol. The van der Waals surface area contributed by atoms with Crippen LogP contribution in [0.15, 0.2) is 98.0 Å². The Morgan fingerprint density at radius 3 is 0.766 bits per heavy atom. The van der Waals surface area contributed by atoms with E-state index in [0.717, 1.165) is 44.9 Å². The van der Waals surface area contributed by atoms with Gasteiger partial charge in [-0.25, -0.2) is 102 Å². The maximum atomic E-state index is 14.6. The summed E-state index contributed by atoms with van der Waals surface area (Å²) in [6, 6.07) is 0. The number of aliphatic hydroxyl groups is 2. The van der Waals surface area contributed by atoms with Gasteiger partial charge in [-0.05, 0) is 20.8 Å². The highest BCUT2D eigenvalue weighted by molar-refractivity contribution is 7.48. The van der Waals surface area contributed by atoms with Crippen LogP contribution >= 0.6 is 46.9 Å². The zero-order valence-electron chi connectivity index (χ0n) is 73.1. The van der Waals surface area contributed by atoms with E-state index in [1.165, 1.54) is 77.0 Å². The molecule has 19 N–H and O–H groups in total. The molecule has 65 nitrogen and oxygen atoms in total. The van der Waals surface area contributed by atoms with Crippen molar-refractivity contribution in [3.05, 3.63) is 148 Å². The number of rotatable bonds is 38. The van der Waals surface area contributed by atoms with E-state index in [-0.39, 0.29) is 104 Å². The molecule has 0 radical (unpaired) electrons. The van der Waals surface area contributed by atoms with Crippen LogP contribution in [0.25, 0.3) is 44.7 Å². The summed E-state index contributed by atoms with van der Waals surface area (Å²) in [6.07, 6.45) is -22.3. The Hall–Kier alpha value is -10.3. The molecule has 0 aliphatic carbocycles. The van der Waals surface area contributed by atoms with Gasteiger partial charge in [-0.15, -0.1) is 0 Å². The fraction of sp³-hybridized carbons (Fsp3) is 0.543. The molecule has 18 rings (SSSR count). The number of aromatic amines is 3. The van der Waals surface area contributed by atoms with Crippen molar-refractivity contribution in [1.82, 2.24) is 107 Å². The second-order valence-electron chi connectivity index (χ2n) is 33.0. The van der Waals surface area contributed by atoms with Crippen molar-refractivity contribution < 1.29 is 154 Å². The molecule has 0 aromatic carbocycles. The van der Waals surface area contributed by atoms with E-state index >= 15 is 0 Å². The lowest BCUT2D eigenvalue weighted by molar-refractivity contribution is -0.0656. The second-order valence-corrected chi connectivity index (χ2v) is 41.5. The molecular weight excluding hydrogens is 2010 g/mol. The third-order valence-corrected chi connectivity index (χ3v) is 29.7. The van der Waals surface area contributed by atoms with Crippen LogP contribution in [0.1, 0.15) is 105 Å². The third-order valence-electron chi connectivity index (χ3n) is 23.6. The molecule has 7 aliphatic heterocycles. The number of H-pyrrole nitrogens is 3. The van der Waals surface area contributed by atoms with Crippen LogP contribution in [0.5, 0.6) is 0 Å². The van der Waals surface area contributed by atoms with E-state index in [0.29, 0.717) is 0 Å². The largest absolute Gasteiger partial charge is 0.472 e. The highest BCUT2D eigenvalue weighted by atomic mass is 31.2. The maximum absolute atomic E-state index is 14.6. The number of aliphatic hydroxyl groups excluding tert-OH is 2. The first kappa shape index (κ1) is 101. The Morgan fingerprint density at radius 2 is 0.525 bits per heavy atom. The number of phosphoric ester groups is 6. The predicted molar refractivity (Wildman–Crippen MR) is 464 cm³/mol. The smallest absolute Gasteiger partial charge is 0.394 e. The number of hydrogen-bond donors (Lipinski definition) is 15. The van der Waals surface area contributed by atoms with Gasteiger partial charge in [0.15, 0.2) is 45.9 Å². The summed E-state index contributed by atoms with van der Waals surface area (Å²) in [5.74, 6) is -0.0138. The predicted octanol–water partition coefficient (Wildman–Crippen LogP) is -1.37. The number of imidazole rings is 4. The minimum Gasteiger partial charge on any atom is -0.394 e. The van der Waals surface area contributed by atoms with Gasteiger partial charge in [0.2, 0.25) is 0 Å². The molecule has 27 atom stereocenters. The molecule has 7 aliphatic rings. The van der Waals surface area contributed by atoms with Gasteiger partial charge in [0.1, 0.15) is 170 Å². The lowest BCUT2D eigenvalue weighted by Gasteiger charge is -2.26. The average Bonchev–Trinajstić information content (AvgIpc) is 1.59. The van der Waals surface area contributed by atoms with Crippen LogP contribution in [0.4, 0.5) is 23.3 Å². The number of nitrogens with zero attached hydrogens (tertiary/aromatic N) is 19. The van der Waals surface area contributed by atoms with E-state index in [1.807, 2.05) is 0 Å². The lowest BCUT2D eigenvalue weighted by atomic mass is 10.2. The molecule has 141 heavy (non-hydrogen) atoms. The van der Waals surface area contributed by atoms with Crippen LogP contribution in [0.2, 0.25) is 0 Å². The van der Waals surface area contributed by atoms with Crippen LogP contribution in [0.3, 0.4) is 0 Å². The Morgan fingerprint density at radius 1 is 0.319 bits per heavy atom. The Kier molecular flexibility index (Phi) is 28.6. The molecule has 71 heteroatoms. The Labute approximate surface area is 785 Å². The molecular formula is C70H88N26O39P6. The van der Waals surface area contributed by atoms with Gasteiger partial charge in [0.25, 0.3) is 16.7 Å². The number of hydrogen-bond acceptors (Lipinski definition) is 49. The summed E-state index contributed by atoms with van der Waals surface area (Å²) >= 11 is 0. The number of aryl methyl sites for hydroxylation is 3. The topological polar surface area (TPSA) is 883 Å². The molecule has 0 spiro atoms. The fourth-order valence-electron chi connectivity index (χ4n) is 16.8. The van der Waals surface area contributed by atoms with Crippen molar-refractivity contribution in [2.24, 2.45) is 0 Å². The molecule has 18 heterocycles. The molecule has 6 unspecified atom stereocenters. The van der Waals surface area contributed by atoms with Crippen LogP contribution in [-0.4, -0.2) is 278 Å². The van der Waals surface area contributed by atoms with Crippen molar-refractivity contribution in [2.45, 2.75) is 195 Å². The van der Waals surface area contributed by atoms with Crippen LogP contribution in [-0.2, 0) is 115 Å². The minimum atomic E-state index is -5.74. The van der Waals surface area contributed by atoms with Gasteiger partial charge < -0.3 is 95.7 Å². The first-order chi connectivity index (χ1) is 66.9. The summed E-state index contributed by atoms with van der Waals surface area (Å²) in [6.45, 7) is -3.15. The van der Waals surface area contributed by atoms with Crippen molar-refractivity contribution >= 4 is 115 Å². The summed E-state index contributed by atoms with van der Waals surface area (Å²) in [5.41, 5.74) is 19.3. The van der Waals surface area contributed by atoms with Gasteiger partial charge in [-0.1, -0.05) is 0 Å². The lowest BCUT2D eigenvalue weighted by Crippen LogP contribution is -2.33. The summed E-state index contributed by atoms with van der Waals surface area (Å²) in [5, 5.41) is 21.4. The molecule has 0 saturated carbocycles. The number of nitrogen functional groups attached to an aromatic ring is 4. The molecule has 0 amide bonds. The number of fused-ring (bicyclic) bond motifs is 4. The molecule has 11 aromatic rings. The van der Waals surface area contributed by atoms with Crippen LogP contribution in [0, 0.1) is 20.8 Å². The summed E-state index contributed by atoms with van der Waals surface area (Å²) in [7, 11) is -33.3. The van der Waals surface area contributed by atoms with Crippen LogP contribution < -0.4 is 56.7 Å². The normalized spacial score (nSPS) is 29.7. The van der Waals surface area contributed by atoms with E-state index in [4.69, 9.17) is 110 Å². The van der Waals surface area contributed by atoms with Crippen molar-refractivity contribution in [2.75, 3.05) is 69.2 Å². The molecule has 7 fully saturated rings. The van der Waals surface area contributed by atoms with Gasteiger partial charge in [0.05, 0.1) is 77.7 Å². The number of aromatic nitrogens is 22. The number of nitrogens with one attached hydrogen (secondary N) is 3. The Bertz CT molecular complexity index is 7270. The summed E-state index contributed by atoms with van der Waals surface area (Å²) in [4.78, 5) is 203. The van der Waals surface area contributed by atoms with E-state index in [9.17, 15) is 95.7 Å². The number of nitrogens with two attached hydrogens (primary N) is 4. The standard InChI is InChI=1S/C70H88N26O39P6/c1-29-11-90(68(102)87-65(29)99)47-6-34(131-138(109,110)120-17-42-36(8-49(126-42)92-13-31(3)67(101)89-70(92)104)133-140(113,114)122-20-45-37(9-51(129-45)95-27-85-55-59(73)77-23-81-63(55)95)134-136(105,106)117-15-40-32(98)4-46(124-40)93-25-83-53-57(71)75-21-79-61(53)93)41(125-47)16-119-139(111,112)132-35-7-48(91-12-30(2)66(100)88-69(91)103)127-43(35)18-121-141(115,116)135-38-10-52(96-28-86-56-60(74)78-24-82-64(56)96)128-44(38)19-118-137(107,108)130-33-5-50(123-39(33)14-97)94-26-84-54-58(72)76-22-80-62(54)94/h11-13,21-28,32-52,97-98H,4-10,14-20H2,1-3H3,(H,105,106)(H,107,108)(H,109,110)(H,111,112)(H,113,114)(H,115,116)(H2,71,75,79)(H2,72,76,80)(H2,73,77,81)(H2,74,78,82)(H,87,99,102)(H,88,100,103)(H,89,101,104)/t32-,33-,34-,35-,36-,37-,38-,39+,40+,41+,42+,43+,44+,45+,46+,47+,48+,49+,50+,51+,52+/m0/s1. The van der Waals surface area contributed by atoms with E-state index in [1.54, 1.807) is 0 Å². The molecule has 0 bridgehead atoms. The number of phosphoric acid groups is 6. The molecule has 11 aromatic heterocycles. The summed E-state index contributed by atoms with van der Waals surface area (Å²) < 4.78 is 203. The first-order valence-corrected chi connectivity index (χ1v) is 51.3. The van der Waals surface area contributed by atoms with Gasteiger partial charge >= 0.3 is 64.0 Å². The molecule has 7 saturated heterocycles. The Balaban J connectivity index is 0.550. The maximum Gasteiger partial charge on any atom is 0.472 e. The third kappa shape index (κ3) is 22.1. The zero-order valence-corrected chi connectivity index (χ0v) is 78.5. The number of ether oxygens (including phenoxy) is 7. The number of anilines is 4. The zero-order chi connectivity index (χ0) is 100. The highest BCUT2D eigenvalue weighted by Crippen LogP contribution is 2.58. The van der Waals surface area contributed by atoms with Crippen molar-refractivity contribution in [3.8, 4) is 0 Å². The minimum absolute atomic E-state index is 0.0399. The molecule has 762 valence electrons. The quantitative estimate of drug-likeness (QED) is 0.0199. The second kappa shape index (κ2) is 40.0. The highest BCUT2D eigenvalue weighted by Gasteiger charge is 2.53. The van der Waals surface area contributed by atoms with Crippen molar-refractivity contribution in [1.29, 1.82) is 0 Å². The van der Waals surface area contributed by atoms with Gasteiger partial charge in [0, 0.05) is 80.2 Å². The van der Waals surface area contributed by atoms with Crippen molar-refractivity contribution in [3.63, 3.8) is 0 Å². The van der Waals surface area contributed by atoms with Gasteiger partial charge in [-0.2, -0.15) is 0 Å². The SMILES string of the molecule is Cc1cn([C@H]2C[C@H](OP(=O)(O)OC[C@H]3O[C@@H](n4cc(C)c(=O)[nH]c4=O)C[C@@H]3OP(=O)(O)OC[C@H]3O[C@@H](n4cnc5c(N)ncnc54)C[C@@H]3OP(=O)(O)OC[C@H]3O[C@@H](n4cnc5c(N)ncnc54)C[C@@H]3O)[C@@H](COP(=O)(O)O[C@H]3C[C@H](n4cc(C)c(=O)[nH]c4=O)O[C@@H]3COP(=O)(O)O[C@H]3C[C@H](n4cnc5c(N)ncnc54)O[C@@H]3COP(=O)(O)O[C@H]3C[C@H](n4cnc5c(N)ncnc54)O[C@@H]3CO)O2)c(=O)[nH]c1=O. The van der Waals surface area contributed by atoms with E-state index in [2.05, 4.69) is 74.8 Å². The fourth-order valence-corrected chi connectivity index (χ4v) is 22.5. The van der Waals surface area contributed by atoms with Gasteiger partial charge in [-0.3, -0.25) is 116 Å². The first-order valence-electron chi connectivity index (χ1n) is 42.4.